The number of carbonyl (C=O) groups is 1. The number of rotatable bonds is 3. The summed E-state index contributed by atoms with van der Waals surface area (Å²) < 4.78 is 0. The quantitative estimate of drug-likeness (QED) is 0.822. The van der Waals surface area contributed by atoms with E-state index < -0.39 is 0 Å². The van der Waals surface area contributed by atoms with Gasteiger partial charge in [0.05, 0.1) is 11.3 Å². The highest BCUT2D eigenvalue weighted by Crippen LogP contribution is 2.25. The fourth-order valence-corrected chi connectivity index (χ4v) is 2.62. The normalized spacial score (nSPS) is 25.5. The molecule has 0 bridgehead atoms. The summed E-state index contributed by atoms with van der Waals surface area (Å²) in [5.74, 6) is -0.0329. The Hall–Kier alpha value is -1.02. The van der Waals surface area contributed by atoms with Crippen LogP contribution in [0.3, 0.4) is 0 Å². The predicted molar refractivity (Wildman–Crippen MR) is 70.3 cm³/mol. The Kier molecular flexibility index (Phi) is 4.06. The van der Waals surface area contributed by atoms with Crippen molar-refractivity contribution < 1.29 is 4.79 Å². The predicted octanol–water partition coefficient (Wildman–Crippen LogP) is 3.07. The van der Waals surface area contributed by atoms with E-state index in [0.29, 0.717) is 0 Å². The molecule has 2 nitrogen and oxygen atoms in total. The molecule has 1 aromatic carbocycles. The van der Waals surface area contributed by atoms with Crippen molar-refractivity contribution in [3.8, 4) is 0 Å². The Balaban J connectivity index is 1.96. The monoisotopic (exact) mass is 251 g/mol. The van der Waals surface area contributed by atoms with Gasteiger partial charge in [-0.25, -0.2) is 0 Å². The van der Waals surface area contributed by atoms with Crippen molar-refractivity contribution in [1.29, 1.82) is 0 Å². The van der Waals surface area contributed by atoms with E-state index in [1.54, 1.807) is 0 Å². The number of hydrogen-bond donors (Lipinski definition) is 1. The van der Waals surface area contributed by atoms with E-state index in [2.05, 4.69) is 5.32 Å². The Bertz CT molecular complexity index is 379. The first-order valence-electron chi connectivity index (χ1n) is 6.18. The van der Waals surface area contributed by atoms with Gasteiger partial charge in [-0.3, -0.25) is 4.79 Å². The summed E-state index contributed by atoms with van der Waals surface area (Å²) in [4.78, 5) is 12.1. The van der Waals surface area contributed by atoms with Crippen LogP contribution in [0.1, 0.15) is 37.7 Å². The van der Waals surface area contributed by atoms with Crippen molar-refractivity contribution in [1.82, 2.24) is 5.32 Å². The first-order chi connectivity index (χ1) is 8.18. The molecule has 1 saturated carbocycles. The number of benzene rings is 1. The summed E-state index contributed by atoms with van der Waals surface area (Å²) in [6, 6.07) is 9.99. The second-order valence-electron chi connectivity index (χ2n) is 4.69. The van der Waals surface area contributed by atoms with Gasteiger partial charge < -0.3 is 5.32 Å². The second kappa shape index (κ2) is 5.54. The van der Waals surface area contributed by atoms with E-state index in [9.17, 15) is 4.79 Å². The van der Waals surface area contributed by atoms with Gasteiger partial charge in [0, 0.05) is 6.04 Å². The Labute approximate surface area is 107 Å². The van der Waals surface area contributed by atoms with E-state index in [1.807, 2.05) is 37.3 Å². The van der Waals surface area contributed by atoms with E-state index >= 15 is 0 Å². The molecule has 3 heteroatoms. The summed E-state index contributed by atoms with van der Waals surface area (Å²) >= 11 is 6.16. The minimum absolute atomic E-state index is 0.0775. The minimum atomic E-state index is -0.110. The zero-order valence-corrected chi connectivity index (χ0v) is 10.8. The van der Waals surface area contributed by atoms with Crippen LogP contribution in [-0.2, 0) is 4.79 Å². The SMILES string of the molecule is CC(C(=O)NC1CCCC1Cl)c1ccccc1. The van der Waals surface area contributed by atoms with Gasteiger partial charge in [0.1, 0.15) is 0 Å². The summed E-state index contributed by atoms with van der Waals surface area (Å²) in [5.41, 5.74) is 1.05. The molecule has 0 radical (unpaired) electrons. The van der Waals surface area contributed by atoms with Crippen molar-refractivity contribution >= 4 is 17.5 Å². The molecule has 1 aliphatic rings. The minimum Gasteiger partial charge on any atom is -0.351 e. The molecule has 0 aromatic heterocycles. The molecule has 1 fully saturated rings. The first-order valence-corrected chi connectivity index (χ1v) is 6.61. The summed E-state index contributed by atoms with van der Waals surface area (Å²) in [6.45, 7) is 1.93. The maximum atomic E-state index is 12.1. The van der Waals surface area contributed by atoms with Gasteiger partial charge in [-0.05, 0) is 31.7 Å². The Morgan fingerprint density at radius 1 is 1.35 bits per heavy atom. The lowest BCUT2D eigenvalue weighted by atomic mass is 10.00. The molecule has 1 aromatic rings. The third kappa shape index (κ3) is 3.01. The van der Waals surface area contributed by atoms with Gasteiger partial charge in [0.15, 0.2) is 0 Å². The second-order valence-corrected chi connectivity index (χ2v) is 5.25. The third-order valence-electron chi connectivity index (χ3n) is 3.45. The van der Waals surface area contributed by atoms with Crippen molar-refractivity contribution in [2.45, 2.75) is 43.5 Å². The van der Waals surface area contributed by atoms with Crippen molar-refractivity contribution in [3.05, 3.63) is 35.9 Å². The van der Waals surface area contributed by atoms with Gasteiger partial charge in [0.2, 0.25) is 5.91 Å². The van der Waals surface area contributed by atoms with Gasteiger partial charge >= 0.3 is 0 Å². The molecular weight excluding hydrogens is 234 g/mol. The van der Waals surface area contributed by atoms with Crippen LogP contribution in [0.2, 0.25) is 0 Å². The van der Waals surface area contributed by atoms with E-state index in [1.165, 1.54) is 0 Å². The maximum absolute atomic E-state index is 12.1. The van der Waals surface area contributed by atoms with Crippen molar-refractivity contribution in [3.63, 3.8) is 0 Å². The van der Waals surface area contributed by atoms with Crippen LogP contribution in [0.5, 0.6) is 0 Å². The number of carbonyl (C=O) groups excluding carboxylic acids is 1. The van der Waals surface area contributed by atoms with Crippen LogP contribution >= 0.6 is 11.6 Å². The highest BCUT2D eigenvalue weighted by atomic mass is 35.5. The molecule has 0 spiro atoms. The number of nitrogens with one attached hydrogen (secondary N) is 1. The molecule has 92 valence electrons. The van der Waals surface area contributed by atoms with E-state index in [-0.39, 0.29) is 23.2 Å². The summed E-state index contributed by atoms with van der Waals surface area (Å²) in [5, 5.41) is 3.15. The van der Waals surface area contributed by atoms with Crippen molar-refractivity contribution in [2.75, 3.05) is 0 Å². The highest BCUT2D eigenvalue weighted by Gasteiger charge is 2.28. The molecule has 3 unspecified atom stereocenters. The standard InChI is InChI=1S/C14H18ClNO/c1-10(11-6-3-2-4-7-11)14(17)16-13-9-5-8-12(13)15/h2-4,6-7,10,12-13H,5,8-9H2,1H3,(H,16,17). The van der Waals surface area contributed by atoms with Gasteiger partial charge in [-0.2, -0.15) is 0 Å². The van der Waals surface area contributed by atoms with Crippen LogP contribution in [0.25, 0.3) is 0 Å². The summed E-state index contributed by atoms with van der Waals surface area (Å²) in [7, 11) is 0. The fraction of sp³-hybridized carbons (Fsp3) is 0.500. The fourth-order valence-electron chi connectivity index (χ4n) is 2.28. The number of alkyl halides is 1. The van der Waals surface area contributed by atoms with E-state index in [4.69, 9.17) is 11.6 Å². The van der Waals surface area contributed by atoms with Crippen LogP contribution in [-0.4, -0.2) is 17.3 Å². The van der Waals surface area contributed by atoms with Crippen LogP contribution < -0.4 is 5.32 Å². The largest absolute Gasteiger partial charge is 0.351 e. The molecule has 0 aliphatic heterocycles. The Morgan fingerprint density at radius 3 is 2.65 bits per heavy atom. The average Bonchev–Trinajstić information content (AvgIpc) is 2.75. The van der Waals surface area contributed by atoms with Crippen LogP contribution in [0.15, 0.2) is 30.3 Å². The molecule has 0 saturated heterocycles. The maximum Gasteiger partial charge on any atom is 0.227 e. The molecule has 2 rings (SSSR count). The molecule has 0 heterocycles. The molecule has 17 heavy (non-hydrogen) atoms. The average molecular weight is 252 g/mol. The zero-order valence-electron chi connectivity index (χ0n) is 10.0. The number of halogens is 1. The van der Waals surface area contributed by atoms with Gasteiger partial charge in [-0.1, -0.05) is 30.3 Å². The lowest BCUT2D eigenvalue weighted by Gasteiger charge is -2.19. The molecular formula is C14H18ClNO. The molecule has 3 atom stereocenters. The first kappa shape index (κ1) is 12.4. The van der Waals surface area contributed by atoms with Crippen LogP contribution in [0.4, 0.5) is 0 Å². The van der Waals surface area contributed by atoms with Gasteiger partial charge in [0.25, 0.3) is 0 Å². The Morgan fingerprint density at radius 2 is 2.06 bits per heavy atom. The summed E-state index contributed by atoms with van der Waals surface area (Å²) in [6.07, 6.45) is 3.12. The number of hydrogen-bond acceptors (Lipinski definition) is 1. The molecule has 1 N–H and O–H groups in total. The van der Waals surface area contributed by atoms with Crippen LogP contribution in [0, 0.1) is 0 Å². The molecule has 1 amide bonds. The smallest absolute Gasteiger partial charge is 0.227 e. The van der Waals surface area contributed by atoms with Crippen molar-refractivity contribution in [2.24, 2.45) is 0 Å². The van der Waals surface area contributed by atoms with E-state index in [0.717, 1.165) is 24.8 Å². The lowest BCUT2D eigenvalue weighted by Crippen LogP contribution is -2.40. The third-order valence-corrected chi connectivity index (χ3v) is 3.97. The topological polar surface area (TPSA) is 29.1 Å². The number of amides is 1. The zero-order chi connectivity index (χ0) is 12.3. The van der Waals surface area contributed by atoms with Gasteiger partial charge in [-0.15, -0.1) is 11.6 Å². The highest BCUT2D eigenvalue weighted by molar-refractivity contribution is 6.21. The lowest BCUT2D eigenvalue weighted by molar-refractivity contribution is -0.122. The molecule has 1 aliphatic carbocycles.